The van der Waals surface area contributed by atoms with Gasteiger partial charge in [0.15, 0.2) is 0 Å². The monoisotopic (exact) mass is 354 g/mol. The van der Waals surface area contributed by atoms with Crippen LogP contribution < -0.4 is 16.0 Å². The molecule has 0 spiro atoms. The standard InChI is InChI=1S/C9H9Cl3N6O3/c10-1-4(19)13-7-16-8(14-5(20)2-11)18-9(17-7)15-6(21)3-12/h1-3H2,(H3,13,14,15,16,17,18,19,20,21). The van der Waals surface area contributed by atoms with Crippen molar-refractivity contribution in [3.8, 4) is 0 Å². The van der Waals surface area contributed by atoms with E-state index in [4.69, 9.17) is 34.8 Å². The molecule has 0 saturated heterocycles. The third-order valence-electron chi connectivity index (χ3n) is 1.75. The van der Waals surface area contributed by atoms with Crippen LogP contribution in [0.4, 0.5) is 17.8 Å². The van der Waals surface area contributed by atoms with Gasteiger partial charge in [0, 0.05) is 0 Å². The van der Waals surface area contributed by atoms with Gasteiger partial charge in [-0.15, -0.1) is 34.8 Å². The van der Waals surface area contributed by atoms with E-state index in [0.29, 0.717) is 0 Å². The summed E-state index contributed by atoms with van der Waals surface area (Å²) in [6.45, 7) is 0. The number of carbonyl (C=O) groups is 3. The van der Waals surface area contributed by atoms with Gasteiger partial charge in [0.1, 0.15) is 17.6 Å². The summed E-state index contributed by atoms with van der Waals surface area (Å²) >= 11 is 16.0. The third-order valence-corrected chi connectivity index (χ3v) is 2.48. The van der Waals surface area contributed by atoms with Crippen LogP contribution in [-0.2, 0) is 14.4 Å². The van der Waals surface area contributed by atoms with Crippen LogP contribution in [0.1, 0.15) is 0 Å². The van der Waals surface area contributed by atoms with E-state index >= 15 is 0 Å². The Balaban J connectivity index is 3.03. The number of hydrogen-bond donors (Lipinski definition) is 3. The van der Waals surface area contributed by atoms with Gasteiger partial charge >= 0.3 is 0 Å². The molecule has 0 radical (unpaired) electrons. The molecule has 0 unspecified atom stereocenters. The van der Waals surface area contributed by atoms with Crippen molar-refractivity contribution < 1.29 is 14.4 Å². The first kappa shape index (κ1) is 17.3. The van der Waals surface area contributed by atoms with Crippen molar-refractivity contribution in [2.45, 2.75) is 0 Å². The quantitative estimate of drug-likeness (QED) is 0.634. The maximum Gasteiger partial charge on any atom is 0.241 e. The van der Waals surface area contributed by atoms with Gasteiger partial charge in [-0.05, 0) is 0 Å². The van der Waals surface area contributed by atoms with E-state index in [1.165, 1.54) is 0 Å². The molecule has 0 aliphatic rings. The topological polar surface area (TPSA) is 126 Å². The smallest absolute Gasteiger partial charge is 0.241 e. The average Bonchev–Trinajstić information content (AvgIpc) is 2.46. The van der Waals surface area contributed by atoms with Gasteiger partial charge in [0.05, 0.1) is 0 Å². The first-order chi connectivity index (χ1) is 9.98. The molecule has 3 amide bonds. The average molecular weight is 356 g/mol. The fraction of sp³-hybridized carbons (Fsp3) is 0.333. The molecule has 12 heteroatoms. The Morgan fingerprint density at radius 1 is 0.667 bits per heavy atom. The number of nitrogens with zero attached hydrogens (tertiary/aromatic N) is 3. The van der Waals surface area contributed by atoms with Crippen molar-refractivity contribution >= 4 is 70.4 Å². The number of anilines is 3. The Kier molecular flexibility index (Phi) is 7.06. The van der Waals surface area contributed by atoms with E-state index in [-0.39, 0.29) is 35.5 Å². The second-order valence-corrected chi connectivity index (χ2v) is 4.15. The summed E-state index contributed by atoms with van der Waals surface area (Å²) in [5.41, 5.74) is 0. The van der Waals surface area contributed by atoms with E-state index in [9.17, 15) is 14.4 Å². The molecule has 1 aromatic heterocycles. The van der Waals surface area contributed by atoms with Crippen molar-refractivity contribution in [1.82, 2.24) is 15.0 Å². The number of amides is 3. The second kappa shape index (κ2) is 8.55. The number of nitrogens with one attached hydrogen (secondary N) is 3. The fourth-order valence-electron chi connectivity index (χ4n) is 1.02. The highest BCUT2D eigenvalue weighted by atomic mass is 35.5. The molecule has 0 atom stereocenters. The van der Waals surface area contributed by atoms with E-state index in [1.54, 1.807) is 0 Å². The van der Waals surface area contributed by atoms with E-state index in [0.717, 1.165) is 0 Å². The van der Waals surface area contributed by atoms with E-state index < -0.39 is 17.7 Å². The van der Waals surface area contributed by atoms with Gasteiger partial charge in [-0.25, -0.2) is 0 Å². The van der Waals surface area contributed by atoms with Crippen molar-refractivity contribution in [3.05, 3.63) is 0 Å². The summed E-state index contributed by atoms with van der Waals surface area (Å²) in [6, 6.07) is 0. The second-order valence-electron chi connectivity index (χ2n) is 3.35. The van der Waals surface area contributed by atoms with Crippen molar-refractivity contribution in [3.63, 3.8) is 0 Å². The maximum atomic E-state index is 11.2. The minimum atomic E-state index is -0.577. The lowest BCUT2D eigenvalue weighted by Gasteiger charge is -2.08. The molecular weight excluding hydrogens is 346 g/mol. The Morgan fingerprint density at radius 2 is 0.905 bits per heavy atom. The first-order valence-electron chi connectivity index (χ1n) is 5.32. The summed E-state index contributed by atoms with van der Waals surface area (Å²) in [5.74, 6) is -3.30. The number of hydrogen-bond acceptors (Lipinski definition) is 6. The summed E-state index contributed by atoms with van der Waals surface area (Å²) in [7, 11) is 0. The lowest BCUT2D eigenvalue weighted by atomic mass is 10.6. The van der Waals surface area contributed by atoms with Crippen LogP contribution in [0, 0.1) is 0 Å². The van der Waals surface area contributed by atoms with Crippen LogP contribution in [0.25, 0.3) is 0 Å². The number of aromatic nitrogens is 3. The molecule has 0 aliphatic heterocycles. The van der Waals surface area contributed by atoms with Gasteiger partial charge < -0.3 is 0 Å². The summed E-state index contributed by atoms with van der Waals surface area (Å²) in [6.07, 6.45) is 0. The summed E-state index contributed by atoms with van der Waals surface area (Å²) < 4.78 is 0. The molecule has 0 fully saturated rings. The molecule has 3 N–H and O–H groups in total. The largest absolute Gasteiger partial charge is 0.293 e. The maximum absolute atomic E-state index is 11.2. The Hall–Kier alpha value is -1.71. The lowest BCUT2D eigenvalue weighted by Crippen LogP contribution is -2.22. The summed E-state index contributed by atoms with van der Waals surface area (Å²) in [4.78, 5) is 44.9. The predicted octanol–water partition coefficient (Wildman–Crippen LogP) is 0.403. The molecular formula is C9H9Cl3N6O3. The highest BCUT2D eigenvalue weighted by molar-refractivity contribution is 6.29. The molecule has 0 aromatic carbocycles. The zero-order chi connectivity index (χ0) is 15.8. The van der Waals surface area contributed by atoms with Crippen LogP contribution in [-0.4, -0.2) is 50.3 Å². The summed E-state index contributed by atoms with van der Waals surface area (Å²) in [5, 5.41) is 6.76. The molecule has 21 heavy (non-hydrogen) atoms. The number of carbonyl (C=O) groups excluding carboxylic acids is 3. The van der Waals surface area contributed by atoms with Gasteiger partial charge in [-0.2, -0.15) is 15.0 Å². The highest BCUT2D eigenvalue weighted by Gasteiger charge is 2.12. The van der Waals surface area contributed by atoms with Crippen molar-refractivity contribution in [2.75, 3.05) is 33.6 Å². The van der Waals surface area contributed by atoms with Crippen LogP contribution in [0.15, 0.2) is 0 Å². The molecule has 1 heterocycles. The molecule has 9 nitrogen and oxygen atoms in total. The highest BCUT2D eigenvalue weighted by Crippen LogP contribution is 2.10. The van der Waals surface area contributed by atoms with Crippen molar-refractivity contribution in [2.24, 2.45) is 0 Å². The zero-order valence-corrected chi connectivity index (χ0v) is 12.6. The van der Waals surface area contributed by atoms with Crippen LogP contribution in [0.3, 0.4) is 0 Å². The van der Waals surface area contributed by atoms with E-state index in [1.807, 2.05) is 0 Å². The van der Waals surface area contributed by atoms with Crippen LogP contribution in [0.5, 0.6) is 0 Å². The van der Waals surface area contributed by atoms with Crippen LogP contribution >= 0.6 is 34.8 Å². The number of alkyl halides is 3. The fourth-order valence-corrected chi connectivity index (χ4v) is 1.22. The van der Waals surface area contributed by atoms with Gasteiger partial charge in [-0.3, -0.25) is 30.3 Å². The van der Waals surface area contributed by atoms with Crippen LogP contribution in [0.2, 0.25) is 0 Å². The molecule has 1 aromatic rings. The van der Waals surface area contributed by atoms with Gasteiger partial charge in [-0.1, -0.05) is 0 Å². The number of halogens is 3. The Labute approximate surface area is 133 Å². The molecule has 0 bridgehead atoms. The minimum absolute atomic E-state index is 0.203. The number of rotatable bonds is 6. The minimum Gasteiger partial charge on any atom is -0.293 e. The first-order valence-corrected chi connectivity index (χ1v) is 6.92. The van der Waals surface area contributed by atoms with E-state index in [2.05, 4.69) is 30.9 Å². The normalized spacial score (nSPS) is 9.86. The third kappa shape index (κ3) is 6.06. The molecule has 1 rings (SSSR count). The van der Waals surface area contributed by atoms with Crippen molar-refractivity contribution in [1.29, 1.82) is 0 Å². The Morgan fingerprint density at radius 3 is 1.10 bits per heavy atom. The molecule has 114 valence electrons. The SMILES string of the molecule is O=C(CCl)Nc1nc(NC(=O)CCl)nc(NC(=O)CCl)n1. The lowest BCUT2D eigenvalue weighted by molar-refractivity contribution is -0.114. The van der Waals surface area contributed by atoms with Gasteiger partial charge in [0.2, 0.25) is 35.6 Å². The van der Waals surface area contributed by atoms with Gasteiger partial charge in [0.25, 0.3) is 0 Å². The molecule has 0 aliphatic carbocycles. The Bertz CT molecular complexity index is 467. The zero-order valence-electron chi connectivity index (χ0n) is 10.3. The molecule has 0 saturated carbocycles. The predicted molar refractivity (Wildman–Crippen MR) is 77.9 cm³/mol.